The van der Waals surface area contributed by atoms with E-state index in [2.05, 4.69) is 9.47 Å². The van der Waals surface area contributed by atoms with E-state index < -0.39 is 34.9 Å². The number of amides is 1. The summed E-state index contributed by atoms with van der Waals surface area (Å²) >= 11 is 0. The van der Waals surface area contributed by atoms with Gasteiger partial charge in [-0.3, -0.25) is 4.79 Å². The van der Waals surface area contributed by atoms with Gasteiger partial charge in [-0.15, -0.1) is 0 Å². The summed E-state index contributed by atoms with van der Waals surface area (Å²) in [5.41, 5.74) is 0. The Balaban J connectivity index is 4.55. The molecule has 3 N–H and O–H groups in total. The van der Waals surface area contributed by atoms with Gasteiger partial charge >= 0.3 is 22.3 Å². The molecule has 0 aliphatic carbocycles. The molecular formula is C6H12N2O7S. The molecule has 0 saturated carbocycles. The third-order valence-corrected chi connectivity index (χ3v) is 2.40. The summed E-state index contributed by atoms with van der Waals surface area (Å²) in [4.78, 5) is 21.5. The number of hydrogen-bond donors (Lipinski definition) is 3. The molecule has 0 heterocycles. The second kappa shape index (κ2) is 6.25. The zero-order valence-electron chi connectivity index (χ0n) is 8.59. The first-order valence-corrected chi connectivity index (χ1v) is 5.41. The SMILES string of the molecule is COC(=O)NS(=O)(=O)NC(CO)C(=O)OC. The molecule has 10 heteroatoms. The molecule has 9 nitrogen and oxygen atoms in total. The van der Waals surface area contributed by atoms with Crippen molar-refractivity contribution in [1.82, 2.24) is 9.44 Å². The quantitative estimate of drug-likeness (QED) is 0.472. The number of ether oxygens (including phenoxy) is 2. The average molecular weight is 256 g/mol. The van der Waals surface area contributed by atoms with Gasteiger partial charge in [0, 0.05) is 0 Å². The third kappa shape index (κ3) is 4.91. The fourth-order valence-corrected chi connectivity index (χ4v) is 1.58. The van der Waals surface area contributed by atoms with E-state index in [0.717, 1.165) is 14.2 Å². The molecule has 1 amide bonds. The van der Waals surface area contributed by atoms with Crippen LogP contribution in [0.1, 0.15) is 0 Å². The summed E-state index contributed by atoms with van der Waals surface area (Å²) in [6.45, 7) is -0.811. The van der Waals surface area contributed by atoms with E-state index in [-0.39, 0.29) is 0 Å². The number of esters is 1. The molecule has 0 aromatic rings. The van der Waals surface area contributed by atoms with Gasteiger partial charge in [0.15, 0.2) is 0 Å². The van der Waals surface area contributed by atoms with Gasteiger partial charge in [-0.1, -0.05) is 0 Å². The maximum atomic E-state index is 11.1. The number of rotatable bonds is 5. The molecule has 0 saturated heterocycles. The largest absolute Gasteiger partial charge is 0.468 e. The van der Waals surface area contributed by atoms with Crippen LogP contribution in [0.25, 0.3) is 0 Å². The number of carbonyl (C=O) groups excluding carboxylic acids is 2. The number of methoxy groups -OCH3 is 2. The maximum Gasteiger partial charge on any atom is 0.421 e. The maximum absolute atomic E-state index is 11.1. The minimum absolute atomic E-state index is 0.811. The van der Waals surface area contributed by atoms with Crippen LogP contribution in [0.5, 0.6) is 0 Å². The molecule has 0 spiro atoms. The molecule has 0 aliphatic rings. The Bertz CT molecular complexity index is 352. The third-order valence-electron chi connectivity index (χ3n) is 1.37. The summed E-state index contributed by atoms with van der Waals surface area (Å²) < 4.78 is 33.7. The molecule has 1 unspecified atom stereocenters. The van der Waals surface area contributed by atoms with Crippen molar-refractivity contribution in [2.45, 2.75) is 6.04 Å². The topological polar surface area (TPSA) is 131 Å². The van der Waals surface area contributed by atoms with E-state index in [4.69, 9.17) is 5.11 Å². The van der Waals surface area contributed by atoms with Crippen molar-refractivity contribution >= 4 is 22.3 Å². The van der Waals surface area contributed by atoms with Crippen molar-refractivity contribution in [3.8, 4) is 0 Å². The minimum Gasteiger partial charge on any atom is -0.468 e. The van der Waals surface area contributed by atoms with Crippen LogP contribution in [-0.4, -0.2) is 52.5 Å². The van der Waals surface area contributed by atoms with Crippen molar-refractivity contribution in [2.24, 2.45) is 0 Å². The summed E-state index contributed by atoms with van der Waals surface area (Å²) in [6, 6.07) is -1.49. The molecule has 0 aromatic carbocycles. The van der Waals surface area contributed by atoms with Crippen LogP contribution < -0.4 is 9.44 Å². The highest BCUT2D eigenvalue weighted by Gasteiger charge is 2.25. The van der Waals surface area contributed by atoms with Gasteiger partial charge in [0.25, 0.3) is 0 Å². The lowest BCUT2D eigenvalue weighted by molar-refractivity contribution is -0.143. The van der Waals surface area contributed by atoms with Crippen LogP contribution in [0, 0.1) is 0 Å². The van der Waals surface area contributed by atoms with Crippen LogP contribution >= 0.6 is 0 Å². The summed E-state index contributed by atoms with van der Waals surface area (Å²) in [6.07, 6.45) is -1.23. The lowest BCUT2D eigenvalue weighted by Crippen LogP contribution is -2.50. The van der Waals surface area contributed by atoms with E-state index in [0.29, 0.717) is 0 Å². The second-order valence-corrected chi connectivity index (χ2v) is 3.92. The zero-order chi connectivity index (χ0) is 12.8. The van der Waals surface area contributed by atoms with Crippen molar-refractivity contribution in [3.05, 3.63) is 0 Å². The van der Waals surface area contributed by atoms with Gasteiger partial charge in [-0.05, 0) is 0 Å². The van der Waals surface area contributed by atoms with Gasteiger partial charge in [0.2, 0.25) is 0 Å². The Morgan fingerprint density at radius 2 is 1.88 bits per heavy atom. The highest BCUT2D eigenvalue weighted by Crippen LogP contribution is 1.90. The minimum atomic E-state index is -4.29. The smallest absolute Gasteiger partial charge is 0.421 e. The van der Waals surface area contributed by atoms with Crippen molar-refractivity contribution in [1.29, 1.82) is 0 Å². The summed E-state index contributed by atoms with van der Waals surface area (Å²) in [7, 11) is -2.31. The Hall–Kier alpha value is -1.39. The molecule has 0 aliphatic heterocycles. The Labute approximate surface area is 91.9 Å². The van der Waals surface area contributed by atoms with E-state index in [1.54, 1.807) is 4.72 Å². The molecule has 0 fully saturated rings. The van der Waals surface area contributed by atoms with Gasteiger partial charge in [-0.2, -0.15) is 13.1 Å². The number of aliphatic hydroxyl groups excluding tert-OH is 1. The standard InChI is InChI=1S/C6H12N2O7S/c1-14-5(10)4(3-9)7-16(12,13)8-6(11)15-2/h4,7,9H,3H2,1-2H3,(H,8,11). The average Bonchev–Trinajstić information content (AvgIpc) is 2.24. The molecule has 0 bridgehead atoms. The lowest BCUT2D eigenvalue weighted by atomic mass is 10.3. The van der Waals surface area contributed by atoms with E-state index >= 15 is 0 Å². The first kappa shape index (κ1) is 14.6. The Kier molecular flexibility index (Phi) is 5.71. The van der Waals surface area contributed by atoms with Gasteiger partial charge in [0.1, 0.15) is 6.04 Å². The zero-order valence-corrected chi connectivity index (χ0v) is 9.41. The number of hydrogen-bond acceptors (Lipinski definition) is 7. The van der Waals surface area contributed by atoms with Crippen LogP contribution in [0.15, 0.2) is 0 Å². The van der Waals surface area contributed by atoms with Crippen LogP contribution in [0.2, 0.25) is 0 Å². The molecule has 1 atom stereocenters. The molecule has 94 valence electrons. The van der Waals surface area contributed by atoms with E-state index in [9.17, 15) is 18.0 Å². The lowest BCUT2D eigenvalue weighted by Gasteiger charge is -2.13. The predicted molar refractivity (Wildman–Crippen MR) is 50.5 cm³/mol. The predicted octanol–water partition coefficient (Wildman–Crippen LogP) is -2.29. The first-order valence-electron chi connectivity index (χ1n) is 3.93. The fourth-order valence-electron chi connectivity index (χ4n) is 0.670. The summed E-state index contributed by atoms with van der Waals surface area (Å²) in [5.74, 6) is -0.988. The van der Waals surface area contributed by atoms with Crippen LogP contribution in [0.4, 0.5) is 4.79 Å². The second-order valence-electron chi connectivity index (χ2n) is 2.47. The van der Waals surface area contributed by atoms with E-state index in [1.807, 2.05) is 0 Å². The molecule has 0 radical (unpaired) electrons. The van der Waals surface area contributed by atoms with Crippen LogP contribution in [-0.2, 0) is 24.5 Å². The van der Waals surface area contributed by atoms with Crippen molar-refractivity contribution < 1.29 is 32.6 Å². The highest BCUT2D eigenvalue weighted by molar-refractivity contribution is 7.88. The van der Waals surface area contributed by atoms with Gasteiger partial charge in [-0.25, -0.2) is 9.52 Å². The van der Waals surface area contributed by atoms with Crippen molar-refractivity contribution in [3.63, 3.8) is 0 Å². The normalized spacial score (nSPS) is 12.7. The van der Waals surface area contributed by atoms with E-state index in [1.165, 1.54) is 4.72 Å². The van der Waals surface area contributed by atoms with Gasteiger partial charge in [0.05, 0.1) is 20.8 Å². The van der Waals surface area contributed by atoms with Crippen molar-refractivity contribution in [2.75, 3.05) is 20.8 Å². The first-order chi connectivity index (χ1) is 7.36. The fraction of sp³-hybridized carbons (Fsp3) is 0.667. The Morgan fingerprint density at radius 1 is 1.31 bits per heavy atom. The Morgan fingerprint density at radius 3 is 2.25 bits per heavy atom. The molecule has 0 aromatic heterocycles. The summed E-state index contributed by atoms with van der Waals surface area (Å²) in [5, 5.41) is 8.71. The number of carbonyl (C=O) groups is 2. The number of aliphatic hydroxyl groups is 1. The number of nitrogens with one attached hydrogen (secondary N) is 2. The molecule has 0 rings (SSSR count). The highest BCUT2D eigenvalue weighted by atomic mass is 32.2. The monoisotopic (exact) mass is 256 g/mol. The molecular weight excluding hydrogens is 244 g/mol. The molecule has 16 heavy (non-hydrogen) atoms. The van der Waals surface area contributed by atoms with Gasteiger partial charge < -0.3 is 14.6 Å². The van der Waals surface area contributed by atoms with Crippen LogP contribution in [0.3, 0.4) is 0 Å².